The van der Waals surface area contributed by atoms with Gasteiger partial charge in [0.15, 0.2) is 5.65 Å². The van der Waals surface area contributed by atoms with E-state index in [1.807, 2.05) is 0 Å². The molecule has 6 nitrogen and oxygen atoms in total. The third-order valence-electron chi connectivity index (χ3n) is 3.42. The molecule has 4 aromatic rings. The highest BCUT2D eigenvalue weighted by Crippen LogP contribution is 2.34. The summed E-state index contributed by atoms with van der Waals surface area (Å²) in [6.45, 7) is 1.51. The Labute approximate surface area is 146 Å². The van der Waals surface area contributed by atoms with Crippen molar-refractivity contribution < 1.29 is 17.7 Å². The van der Waals surface area contributed by atoms with Crippen molar-refractivity contribution in [3.8, 4) is 22.2 Å². The van der Waals surface area contributed by atoms with Crippen LogP contribution in [0.4, 0.5) is 13.2 Å². The molecule has 0 aliphatic rings. The Morgan fingerprint density at radius 2 is 2.08 bits per heavy atom. The molecule has 0 fully saturated rings. The average Bonchev–Trinajstić information content (AvgIpc) is 3.23. The molecule has 0 aliphatic heterocycles. The fourth-order valence-electron chi connectivity index (χ4n) is 2.29. The molecular weight excluding hydrogens is 379 g/mol. The van der Waals surface area contributed by atoms with E-state index in [-0.39, 0.29) is 28.6 Å². The molecule has 11 heteroatoms. The van der Waals surface area contributed by atoms with Gasteiger partial charge in [-0.1, -0.05) is 16.8 Å². The molecule has 0 radical (unpaired) electrons. The summed E-state index contributed by atoms with van der Waals surface area (Å²) in [7, 11) is 0. The largest absolute Gasteiger partial charge is 0.433 e. The van der Waals surface area contributed by atoms with Crippen LogP contribution in [0.1, 0.15) is 11.4 Å². The summed E-state index contributed by atoms with van der Waals surface area (Å²) in [5.74, 6) is 0.263. The molecule has 0 spiro atoms. The zero-order valence-electron chi connectivity index (χ0n) is 12.4. The van der Waals surface area contributed by atoms with E-state index in [1.165, 1.54) is 29.0 Å². The normalized spacial score (nSPS) is 12.2. The molecule has 0 unspecified atom stereocenters. The highest BCUT2D eigenvalue weighted by atomic mass is 35.5. The van der Waals surface area contributed by atoms with Crippen LogP contribution in [0, 0.1) is 6.92 Å². The highest BCUT2D eigenvalue weighted by Gasteiger charge is 2.34. The van der Waals surface area contributed by atoms with E-state index in [0.29, 0.717) is 9.90 Å². The maximum atomic E-state index is 13.0. The number of rotatable bonds is 2. The number of hydrogen-bond acceptors (Lipinski definition) is 6. The average molecular weight is 386 g/mol. The summed E-state index contributed by atoms with van der Waals surface area (Å²) in [6.07, 6.45) is -3.22. The van der Waals surface area contributed by atoms with Crippen molar-refractivity contribution in [1.82, 2.24) is 24.7 Å². The van der Waals surface area contributed by atoms with Crippen LogP contribution in [0.5, 0.6) is 0 Å². The summed E-state index contributed by atoms with van der Waals surface area (Å²) in [5.41, 5.74) is -0.494. The monoisotopic (exact) mass is 385 g/mol. The topological polar surface area (TPSA) is 69.1 Å². The van der Waals surface area contributed by atoms with Crippen LogP contribution in [-0.4, -0.2) is 24.7 Å². The fraction of sp³-hybridized carbons (Fsp3) is 0.143. The molecule has 4 aromatic heterocycles. The number of nitrogens with zero attached hydrogens (tertiary/aromatic N) is 5. The van der Waals surface area contributed by atoms with Gasteiger partial charge in [0.2, 0.25) is 5.82 Å². The molecule has 0 atom stereocenters. The highest BCUT2D eigenvalue weighted by molar-refractivity contribution is 7.14. The maximum Gasteiger partial charge on any atom is 0.433 e. The third-order valence-corrected chi connectivity index (χ3v) is 4.75. The Kier molecular flexibility index (Phi) is 3.55. The first-order valence-electron chi connectivity index (χ1n) is 6.84. The van der Waals surface area contributed by atoms with Gasteiger partial charge >= 0.3 is 6.18 Å². The molecule has 0 saturated carbocycles. The quantitative estimate of drug-likeness (QED) is 0.508. The smallest absolute Gasteiger partial charge is 0.333 e. The van der Waals surface area contributed by atoms with Crippen LogP contribution in [0.15, 0.2) is 28.2 Å². The zero-order chi connectivity index (χ0) is 17.8. The molecule has 4 rings (SSSR count). The van der Waals surface area contributed by atoms with Gasteiger partial charge in [-0.15, -0.1) is 11.3 Å². The van der Waals surface area contributed by atoms with Gasteiger partial charge < -0.3 is 4.52 Å². The van der Waals surface area contributed by atoms with E-state index >= 15 is 0 Å². The second-order valence-electron chi connectivity index (χ2n) is 5.09. The number of hydrogen-bond donors (Lipinski definition) is 0. The van der Waals surface area contributed by atoms with Crippen LogP contribution < -0.4 is 0 Å². The fourth-order valence-corrected chi connectivity index (χ4v) is 3.34. The molecule has 0 saturated heterocycles. The predicted octanol–water partition coefficient (Wildman–Crippen LogP) is 4.49. The number of alkyl halides is 3. The number of aryl methyl sites for hydroxylation is 1. The third kappa shape index (κ3) is 2.67. The lowest BCUT2D eigenvalue weighted by Crippen LogP contribution is -2.11. The second-order valence-corrected chi connectivity index (χ2v) is 6.42. The summed E-state index contributed by atoms with van der Waals surface area (Å²) in [6, 6.07) is 2.61. The lowest BCUT2D eigenvalue weighted by Gasteiger charge is -2.07. The lowest BCUT2D eigenvalue weighted by molar-refractivity contribution is -0.141. The number of aromatic nitrogens is 5. The van der Waals surface area contributed by atoms with Gasteiger partial charge in [0.1, 0.15) is 10.6 Å². The Hall–Kier alpha value is -2.46. The van der Waals surface area contributed by atoms with Gasteiger partial charge in [0.05, 0.1) is 16.8 Å². The molecule has 0 amide bonds. The van der Waals surface area contributed by atoms with Crippen molar-refractivity contribution in [2.75, 3.05) is 0 Å². The number of thiophene rings is 1. The minimum Gasteiger partial charge on any atom is -0.333 e. The second kappa shape index (κ2) is 5.53. The molecule has 0 aromatic carbocycles. The number of fused-ring (bicyclic) bond motifs is 1. The van der Waals surface area contributed by atoms with Crippen LogP contribution in [0.3, 0.4) is 0 Å². The van der Waals surface area contributed by atoms with Crippen molar-refractivity contribution in [1.29, 1.82) is 0 Å². The Balaban J connectivity index is 1.86. The standard InChI is InChI=1S/C14H7ClF3N5OS/c1-6-4-9(14(16,17)18)20-12-7(5-19-23(6)12)11-21-13(24-22-11)10-8(15)2-3-25-10/h2-5H,1H3. The predicted molar refractivity (Wildman–Crippen MR) is 84.3 cm³/mol. The van der Waals surface area contributed by atoms with Crippen LogP contribution >= 0.6 is 22.9 Å². The Bertz CT molecular complexity index is 1080. The van der Waals surface area contributed by atoms with Gasteiger partial charge in [-0.25, -0.2) is 9.50 Å². The molecule has 25 heavy (non-hydrogen) atoms. The maximum absolute atomic E-state index is 13.0. The van der Waals surface area contributed by atoms with Crippen molar-refractivity contribution >= 4 is 28.6 Å². The van der Waals surface area contributed by atoms with E-state index in [9.17, 15) is 13.2 Å². The Morgan fingerprint density at radius 3 is 2.76 bits per heavy atom. The van der Waals surface area contributed by atoms with E-state index in [4.69, 9.17) is 16.1 Å². The van der Waals surface area contributed by atoms with Gasteiger partial charge in [-0.05, 0) is 24.4 Å². The first-order valence-corrected chi connectivity index (χ1v) is 8.10. The van der Waals surface area contributed by atoms with Crippen molar-refractivity contribution in [2.24, 2.45) is 0 Å². The van der Waals surface area contributed by atoms with E-state index in [0.717, 1.165) is 6.07 Å². The first-order chi connectivity index (χ1) is 11.8. The van der Waals surface area contributed by atoms with Gasteiger partial charge in [-0.2, -0.15) is 23.3 Å². The van der Waals surface area contributed by atoms with Gasteiger partial charge in [0, 0.05) is 5.69 Å². The van der Waals surface area contributed by atoms with Crippen molar-refractivity contribution in [3.05, 3.63) is 40.1 Å². The first kappa shape index (κ1) is 16.0. The summed E-state index contributed by atoms with van der Waals surface area (Å²) >= 11 is 7.34. The molecule has 4 heterocycles. The minimum atomic E-state index is -4.57. The van der Waals surface area contributed by atoms with Gasteiger partial charge in [-0.3, -0.25) is 0 Å². The van der Waals surface area contributed by atoms with E-state index < -0.39 is 11.9 Å². The summed E-state index contributed by atoms with van der Waals surface area (Å²) < 4.78 is 45.5. The molecular formula is C14H7ClF3N5OS. The Morgan fingerprint density at radius 1 is 1.28 bits per heavy atom. The van der Waals surface area contributed by atoms with Gasteiger partial charge in [0.25, 0.3) is 5.89 Å². The number of halogens is 4. The minimum absolute atomic E-state index is 0.00282. The molecule has 128 valence electrons. The van der Waals surface area contributed by atoms with Crippen molar-refractivity contribution in [3.63, 3.8) is 0 Å². The van der Waals surface area contributed by atoms with Crippen LogP contribution in [0.25, 0.3) is 27.8 Å². The molecule has 0 N–H and O–H groups in total. The van der Waals surface area contributed by atoms with Crippen LogP contribution in [0.2, 0.25) is 5.02 Å². The lowest BCUT2D eigenvalue weighted by atomic mass is 10.3. The summed E-state index contributed by atoms with van der Waals surface area (Å²) in [4.78, 5) is 8.45. The van der Waals surface area contributed by atoms with Crippen molar-refractivity contribution in [2.45, 2.75) is 13.1 Å². The summed E-state index contributed by atoms with van der Waals surface area (Å²) in [5, 5.41) is 10.1. The molecule has 0 aliphatic carbocycles. The van der Waals surface area contributed by atoms with E-state index in [2.05, 4.69) is 20.2 Å². The van der Waals surface area contributed by atoms with Crippen LogP contribution in [-0.2, 0) is 6.18 Å². The van der Waals surface area contributed by atoms with E-state index in [1.54, 1.807) is 11.4 Å². The molecule has 0 bridgehead atoms. The SMILES string of the molecule is Cc1cc(C(F)(F)F)nc2c(-c3noc(-c4sccc4Cl)n3)cnn12. The zero-order valence-corrected chi connectivity index (χ0v) is 13.9.